The van der Waals surface area contributed by atoms with E-state index >= 15 is 0 Å². The third-order valence-electron chi connectivity index (χ3n) is 14.3. The highest BCUT2D eigenvalue weighted by atomic mass is 16.5. The summed E-state index contributed by atoms with van der Waals surface area (Å²) in [5.74, 6) is -0.0518. The maximum absolute atomic E-state index is 12.5. The number of amides is 1. The quantitative estimate of drug-likeness (QED) is 0.0321. The van der Waals surface area contributed by atoms with Crippen LogP contribution in [-0.2, 0) is 14.3 Å². The lowest BCUT2D eigenvalue weighted by molar-refractivity contribution is -0.143. The molecule has 0 aliphatic carbocycles. The van der Waals surface area contributed by atoms with Gasteiger partial charge in [0.25, 0.3) is 0 Å². The molecule has 0 aromatic rings. The fourth-order valence-corrected chi connectivity index (χ4v) is 9.55. The van der Waals surface area contributed by atoms with Crippen LogP contribution in [-0.4, -0.2) is 47.4 Å². The van der Waals surface area contributed by atoms with Crippen molar-refractivity contribution in [2.75, 3.05) is 13.2 Å². The van der Waals surface area contributed by atoms with Crippen LogP contribution in [0.3, 0.4) is 0 Å². The number of nitrogens with one attached hydrogen (secondary N) is 1. The van der Waals surface area contributed by atoms with Crippen molar-refractivity contribution < 1.29 is 24.5 Å². The van der Waals surface area contributed by atoms with E-state index in [4.69, 9.17) is 4.74 Å². The zero-order chi connectivity index (χ0) is 49.3. The Morgan fingerprint density at radius 3 is 1.15 bits per heavy atom. The number of carbonyl (C=O) groups excluding carboxylic acids is 2. The lowest BCUT2D eigenvalue weighted by atomic mass is 10.0. The van der Waals surface area contributed by atoms with Crippen LogP contribution in [0.4, 0.5) is 0 Å². The number of hydrogen-bond acceptors (Lipinski definition) is 5. The number of rotatable bonds is 57. The largest absolute Gasteiger partial charge is 0.466 e. The van der Waals surface area contributed by atoms with Crippen LogP contribution in [0.5, 0.6) is 0 Å². The predicted octanol–water partition coefficient (Wildman–Crippen LogP) is 19.0. The van der Waals surface area contributed by atoms with Gasteiger partial charge >= 0.3 is 5.97 Å². The topological polar surface area (TPSA) is 95.9 Å². The zero-order valence-corrected chi connectivity index (χ0v) is 45.9. The first-order chi connectivity index (χ1) is 33.5. The summed E-state index contributed by atoms with van der Waals surface area (Å²) in [7, 11) is 0. The van der Waals surface area contributed by atoms with Crippen molar-refractivity contribution in [3.63, 3.8) is 0 Å². The van der Waals surface area contributed by atoms with Gasteiger partial charge in [0.15, 0.2) is 0 Å². The minimum Gasteiger partial charge on any atom is -0.466 e. The lowest BCUT2D eigenvalue weighted by Crippen LogP contribution is -2.45. The van der Waals surface area contributed by atoms with Gasteiger partial charge in [-0.1, -0.05) is 289 Å². The summed E-state index contributed by atoms with van der Waals surface area (Å²) in [6.07, 6.45) is 70.3. The van der Waals surface area contributed by atoms with Gasteiger partial charge in [-0.25, -0.2) is 0 Å². The van der Waals surface area contributed by atoms with E-state index in [9.17, 15) is 19.8 Å². The maximum Gasteiger partial charge on any atom is 0.305 e. The molecule has 2 unspecified atom stereocenters. The number of aliphatic hydroxyl groups is 2. The van der Waals surface area contributed by atoms with E-state index in [-0.39, 0.29) is 18.5 Å². The molecule has 0 saturated heterocycles. The molecule has 2 atom stereocenters. The summed E-state index contributed by atoms with van der Waals surface area (Å²) in [5, 5.41) is 23.4. The normalized spacial score (nSPS) is 12.7. The maximum atomic E-state index is 12.5. The highest BCUT2D eigenvalue weighted by molar-refractivity contribution is 5.76. The number of aliphatic hydroxyl groups excluding tert-OH is 2. The minimum absolute atomic E-state index is 0.00906. The molecule has 402 valence electrons. The molecule has 0 aromatic carbocycles. The molecule has 68 heavy (non-hydrogen) atoms. The van der Waals surface area contributed by atoms with Gasteiger partial charge in [0.1, 0.15) is 0 Å². The van der Waals surface area contributed by atoms with Crippen LogP contribution in [0.25, 0.3) is 0 Å². The fraction of sp³-hybridized carbons (Fsp3) is 0.903. The lowest BCUT2D eigenvalue weighted by Gasteiger charge is -2.22. The minimum atomic E-state index is -0.672. The number of esters is 1. The molecular formula is C62H119NO5. The fourth-order valence-electron chi connectivity index (χ4n) is 9.55. The third-order valence-corrected chi connectivity index (χ3v) is 14.3. The number of allylic oxidation sites excluding steroid dienone is 4. The van der Waals surface area contributed by atoms with E-state index in [0.717, 1.165) is 57.8 Å². The van der Waals surface area contributed by atoms with Crippen molar-refractivity contribution >= 4 is 11.9 Å². The molecule has 6 nitrogen and oxygen atoms in total. The monoisotopic (exact) mass is 958 g/mol. The van der Waals surface area contributed by atoms with Gasteiger partial charge in [-0.3, -0.25) is 9.59 Å². The molecule has 0 aromatic heterocycles. The summed E-state index contributed by atoms with van der Waals surface area (Å²) in [6, 6.07) is -0.551. The van der Waals surface area contributed by atoms with Crippen LogP contribution in [0.2, 0.25) is 0 Å². The Morgan fingerprint density at radius 1 is 0.412 bits per heavy atom. The molecular weight excluding hydrogens is 839 g/mol. The Morgan fingerprint density at radius 2 is 0.735 bits per heavy atom. The van der Waals surface area contributed by atoms with Crippen LogP contribution < -0.4 is 5.32 Å². The number of carbonyl (C=O) groups is 2. The second kappa shape index (κ2) is 57.9. The standard InChI is InChI=1S/C62H119NO5/c1-3-5-7-9-11-13-15-17-19-21-22-23-25-26-30-34-38-42-46-50-54-60(65)59(58-64)63-61(66)55-51-47-43-39-35-31-28-29-33-37-41-45-49-53-57-68-62(67)56-52-48-44-40-36-32-27-24-20-18-16-14-12-10-8-6-4-2/h12,14,18,20,59-60,64-65H,3-11,13,15-17,19,21-58H2,1-2H3,(H,63,66)/b14-12-,20-18-. The average molecular weight is 959 g/mol. The second-order valence-corrected chi connectivity index (χ2v) is 21.0. The Bertz CT molecular complexity index is 1060. The Kier molecular flexibility index (Phi) is 56.5. The van der Waals surface area contributed by atoms with Crippen LogP contribution in [0.1, 0.15) is 335 Å². The van der Waals surface area contributed by atoms with Gasteiger partial charge in [-0.05, 0) is 57.8 Å². The Labute approximate surface area is 424 Å². The van der Waals surface area contributed by atoms with Gasteiger partial charge in [0.05, 0.1) is 25.4 Å². The number of hydrogen-bond donors (Lipinski definition) is 3. The second-order valence-electron chi connectivity index (χ2n) is 21.0. The van der Waals surface area contributed by atoms with Gasteiger partial charge in [-0.15, -0.1) is 0 Å². The van der Waals surface area contributed by atoms with E-state index in [1.54, 1.807) is 0 Å². The predicted molar refractivity (Wildman–Crippen MR) is 296 cm³/mol. The summed E-state index contributed by atoms with van der Waals surface area (Å²) >= 11 is 0. The number of ether oxygens (including phenoxy) is 1. The highest BCUT2D eigenvalue weighted by Gasteiger charge is 2.20. The molecule has 6 heteroatoms. The molecule has 0 heterocycles. The van der Waals surface area contributed by atoms with Crippen molar-refractivity contribution in [1.29, 1.82) is 0 Å². The third kappa shape index (κ3) is 53.7. The van der Waals surface area contributed by atoms with Crippen LogP contribution in [0.15, 0.2) is 24.3 Å². The van der Waals surface area contributed by atoms with Crippen molar-refractivity contribution in [1.82, 2.24) is 5.32 Å². The SMILES string of the molecule is CCCCC/C=C\C/C=C\CCCCCCCCCC(=O)OCCCCCCCCCCCCCCCCC(=O)NC(CO)C(O)CCCCCCCCCCCCCCCCCCCCCC. The van der Waals surface area contributed by atoms with Gasteiger partial charge in [-0.2, -0.15) is 0 Å². The van der Waals surface area contributed by atoms with Crippen molar-refractivity contribution in [3.05, 3.63) is 24.3 Å². The van der Waals surface area contributed by atoms with Gasteiger partial charge < -0.3 is 20.3 Å². The smallest absolute Gasteiger partial charge is 0.305 e. The molecule has 0 rings (SSSR count). The molecule has 0 spiro atoms. The molecule has 1 amide bonds. The van der Waals surface area contributed by atoms with E-state index < -0.39 is 12.1 Å². The summed E-state index contributed by atoms with van der Waals surface area (Å²) in [4.78, 5) is 24.6. The zero-order valence-electron chi connectivity index (χ0n) is 45.9. The van der Waals surface area contributed by atoms with Gasteiger partial charge in [0, 0.05) is 12.8 Å². The van der Waals surface area contributed by atoms with Crippen LogP contribution >= 0.6 is 0 Å². The van der Waals surface area contributed by atoms with E-state index in [2.05, 4.69) is 43.5 Å². The summed E-state index contributed by atoms with van der Waals surface area (Å²) in [5.41, 5.74) is 0. The first-order valence-corrected chi connectivity index (χ1v) is 30.6. The molecule has 0 aliphatic heterocycles. The van der Waals surface area contributed by atoms with E-state index in [0.29, 0.717) is 25.9 Å². The summed E-state index contributed by atoms with van der Waals surface area (Å²) < 4.78 is 5.48. The van der Waals surface area contributed by atoms with Crippen LogP contribution in [0, 0.1) is 0 Å². The molecule has 0 bridgehead atoms. The first kappa shape index (κ1) is 66.3. The molecule has 0 fully saturated rings. The summed E-state index contributed by atoms with van der Waals surface area (Å²) in [6.45, 7) is 4.93. The van der Waals surface area contributed by atoms with Crippen molar-refractivity contribution in [2.24, 2.45) is 0 Å². The molecule has 0 aliphatic rings. The van der Waals surface area contributed by atoms with Crippen molar-refractivity contribution in [2.45, 2.75) is 347 Å². The van der Waals surface area contributed by atoms with Gasteiger partial charge in [0.2, 0.25) is 5.91 Å². The molecule has 0 radical (unpaired) electrons. The average Bonchev–Trinajstić information content (AvgIpc) is 3.34. The number of unbranched alkanes of at least 4 members (excludes halogenated alkanes) is 42. The molecule has 0 saturated carbocycles. The van der Waals surface area contributed by atoms with E-state index in [1.165, 1.54) is 244 Å². The molecule has 3 N–H and O–H groups in total. The van der Waals surface area contributed by atoms with Crippen molar-refractivity contribution in [3.8, 4) is 0 Å². The first-order valence-electron chi connectivity index (χ1n) is 30.6. The Balaban J connectivity index is 3.43. The Hall–Kier alpha value is -1.66. The van der Waals surface area contributed by atoms with E-state index in [1.807, 2.05) is 0 Å². The highest BCUT2D eigenvalue weighted by Crippen LogP contribution is 2.18.